The zero-order chi connectivity index (χ0) is 45.7. The van der Waals surface area contributed by atoms with Gasteiger partial charge in [0.2, 0.25) is 15.9 Å². The number of aromatic nitrogens is 6. The Morgan fingerprint density at radius 1 is 0.258 bits per heavy atom. The van der Waals surface area contributed by atoms with Gasteiger partial charge in [-0.3, -0.25) is 0 Å². The average Bonchev–Trinajstić information content (AvgIpc) is 3.37. The van der Waals surface area contributed by atoms with Crippen molar-refractivity contribution in [2.24, 2.45) is 0 Å². The fraction of sp³-hybridized carbons (Fsp3) is 0. The maximum absolute atomic E-state index is 9.05. The molecule has 320 valence electrons. The molecular formula is C54H38BCl3N6O2. The Hall–Kier alpha value is -7.37. The van der Waals surface area contributed by atoms with E-state index in [0.29, 0.717) is 22.9 Å². The van der Waals surface area contributed by atoms with Gasteiger partial charge in [0.25, 0.3) is 0 Å². The standard InChI is InChI=1S/C27H18ClN3.C15H9Cl2N3.C12H11BO2/c28-27-30-25(22-16-14-21(15-17-22)19-8-3-1-4-9-19)29-26(31-27)24-13-7-12-23(18-24)20-10-5-2-6-11-20;16-14-18-13(19-15(17)20-14)12-8-6-11(7-9-12)10-4-2-1-3-5-10;14-13(15)12-8-4-7-11(9-12)10-5-2-1-3-6-10/h1-18H;1-9H;1-9,14-15H. The lowest BCUT2D eigenvalue weighted by Gasteiger charge is -2.08. The zero-order valence-electron chi connectivity index (χ0n) is 35.1. The summed E-state index contributed by atoms with van der Waals surface area (Å²) in [5.41, 5.74) is 12.0. The van der Waals surface area contributed by atoms with E-state index in [-0.39, 0.29) is 15.9 Å². The molecule has 8 nitrogen and oxygen atoms in total. The molecule has 0 aliphatic heterocycles. The summed E-state index contributed by atoms with van der Waals surface area (Å²) in [6.45, 7) is 0. The summed E-state index contributed by atoms with van der Waals surface area (Å²) in [5.74, 6) is 1.58. The number of rotatable bonds is 8. The monoisotopic (exact) mass is 918 g/mol. The van der Waals surface area contributed by atoms with Crippen molar-refractivity contribution in [2.45, 2.75) is 0 Å². The maximum atomic E-state index is 9.05. The summed E-state index contributed by atoms with van der Waals surface area (Å²) in [7, 11) is -1.41. The topological polar surface area (TPSA) is 118 Å². The first-order chi connectivity index (χ1) is 32.3. The van der Waals surface area contributed by atoms with Gasteiger partial charge in [-0.1, -0.05) is 212 Å². The molecule has 0 saturated heterocycles. The van der Waals surface area contributed by atoms with Crippen LogP contribution in [0.5, 0.6) is 0 Å². The number of nitrogens with zero attached hydrogens (tertiary/aromatic N) is 6. The first kappa shape index (κ1) is 45.2. The maximum Gasteiger partial charge on any atom is 0.488 e. The molecular weight excluding hydrogens is 882 g/mol. The molecule has 8 aromatic carbocycles. The fourth-order valence-corrected chi connectivity index (χ4v) is 7.45. The van der Waals surface area contributed by atoms with Crippen molar-refractivity contribution in [1.29, 1.82) is 0 Å². The van der Waals surface area contributed by atoms with Crippen LogP contribution in [0.25, 0.3) is 78.7 Å². The van der Waals surface area contributed by atoms with Gasteiger partial charge in [-0.05, 0) is 90.8 Å². The van der Waals surface area contributed by atoms with E-state index in [1.165, 1.54) is 5.56 Å². The summed E-state index contributed by atoms with van der Waals surface area (Å²) >= 11 is 17.8. The van der Waals surface area contributed by atoms with Crippen LogP contribution in [0.1, 0.15) is 0 Å². The van der Waals surface area contributed by atoms with Gasteiger partial charge in [0.1, 0.15) is 0 Å². The van der Waals surface area contributed by atoms with Gasteiger partial charge in [-0.15, -0.1) is 0 Å². The molecule has 0 saturated carbocycles. The molecule has 0 unspecified atom stereocenters. The van der Waals surface area contributed by atoms with E-state index < -0.39 is 7.12 Å². The first-order valence-electron chi connectivity index (χ1n) is 20.7. The van der Waals surface area contributed by atoms with Gasteiger partial charge in [0.15, 0.2) is 17.5 Å². The van der Waals surface area contributed by atoms with E-state index in [2.05, 4.69) is 85.6 Å². The van der Waals surface area contributed by atoms with Gasteiger partial charge in [0.05, 0.1) is 0 Å². The Morgan fingerprint density at radius 2 is 0.545 bits per heavy atom. The Bertz CT molecular complexity index is 3120. The quantitative estimate of drug-likeness (QED) is 0.145. The third-order valence-electron chi connectivity index (χ3n) is 10.2. The summed E-state index contributed by atoms with van der Waals surface area (Å²) in [6, 6.07) is 71.9. The second-order valence-electron chi connectivity index (χ2n) is 14.6. The molecule has 0 spiro atoms. The molecule has 2 aromatic heterocycles. The molecule has 2 N–H and O–H groups in total. The molecule has 0 aliphatic rings. The van der Waals surface area contributed by atoms with Crippen LogP contribution >= 0.6 is 34.8 Å². The Morgan fingerprint density at radius 3 is 0.970 bits per heavy atom. The van der Waals surface area contributed by atoms with Crippen LogP contribution in [-0.4, -0.2) is 47.1 Å². The molecule has 2 heterocycles. The molecule has 0 amide bonds. The summed E-state index contributed by atoms with van der Waals surface area (Å²) < 4.78 is 0. The van der Waals surface area contributed by atoms with Gasteiger partial charge in [-0.2, -0.15) is 24.9 Å². The minimum absolute atomic E-state index is 0.0899. The highest BCUT2D eigenvalue weighted by atomic mass is 35.5. The van der Waals surface area contributed by atoms with Crippen LogP contribution in [-0.2, 0) is 0 Å². The van der Waals surface area contributed by atoms with E-state index in [9.17, 15) is 0 Å². The molecule has 0 aliphatic carbocycles. The smallest absolute Gasteiger partial charge is 0.423 e. The predicted octanol–water partition coefficient (Wildman–Crippen LogP) is 12.7. The molecule has 0 bridgehead atoms. The lowest BCUT2D eigenvalue weighted by atomic mass is 9.79. The zero-order valence-corrected chi connectivity index (χ0v) is 37.3. The van der Waals surface area contributed by atoms with Crippen LogP contribution in [0.15, 0.2) is 218 Å². The third kappa shape index (κ3) is 12.0. The number of hydrogen-bond acceptors (Lipinski definition) is 8. The predicted molar refractivity (Wildman–Crippen MR) is 269 cm³/mol. The molecule has 0 atom stereocenters. The van der Waals surface area contributed by atoms with Gasteiger partial charge in [-0.25, -0.2) is 4.98 Å². The van der Waals surface area contributed by atoms with Gasteiger partial charge < -0.3 is 10.0 Å². The molecule has 12 heteroatoms. The molecule has 66 heavy (non-hydrogen) atoms. The van der Waals surface area contributed by atoms with E-state index in [0.717, 1.165) is 55.6 Å². The van der Waals surface area contributed by atoms with Crippen LogP contribution in [0, 0.1) is 0 Å². The Labute approximate surface area is 398 Å². The van der Waals surface area contributed by atoms with Crippen molar-refractivity contribution in [2.75, 3.05) is 0 Å². The second kappa shape index (κ2) is 22.0. The highest BCUT2D eigenvalue weighted by Gasteiger charge is 2.13. The van der Waals surface area contributed by atoms with Crippen LogP contribution in [0.2, 0.25) is 15.9 Å². The van der Waals surface area contributed by atoms with Gasteiger partial charge >= 0.3 is 7.12 Å². The van der Waals surface area contributed by atoms with Crippen LogP contribution in [0.3, 0.4) is 0 Å². The SMILES string of the molecule is Clc1nc(-c2ccc(-c3ccccc3)cc2)nc(-c2cccc(-c3ccccc3)c2)n1.Clc1nc(Cl)nc(-c2ccc(-c3ccccc3)cc2)n1.OB(O)c1cccc(-c2ccccc2)c1. The summed E-state index contributed by atoms with van der Waals surface area (Å²) in [4.78, 5) is 25.3. The van der Waals surface area contributed by atoms with E-state index in [1.54, 1.807) is 12.1 Å². The largest absolute Gasteiger partial charge is 0.488 e. The summed E-state index contributed by atoms with van der Waals surface area (Å²) in [6.07, 6.45) is 0. The molecule has 10 rings (SSSR count). The Kier molecular flexibility index (Phi) is 15.1. The van der Waals surface area contributed by atoms with E-state index >= 15 is 0 Å². The highest BCUT2D eigenvalue weighted by molar-refractivity contribution is 6.58. The molecule has 10 aromatic rings. The van der Waals surface area contributed by atoms with E-state index in [1.807, 2.05) is 146 Å². The Balaban J connectivity index is 0.000000145. The van der Waals surface area contributed by atoms with Crippen molar-refractivity contribution < 1.29 is 10.0 Å². The lowest BCUT2D eigenvalue weighted by molar-refractivity contribution is 0.426. The minimum Gasteiger partial charge on any atom is -0.423 e. The van der Waals surface area contributed by atoms with E-state index in [4.69, 9.17) is 49.8 Å². The fourth-order valence-electron chi connectivity index (χ4n) is 6.93. The van der Waals surface area contributed by atoms with Gasteiger partial charge in [0, 0.05) is 16.7 Å². The lowest BCUT2D eigenvalue weighted by Crippen LogP contribution is -2.29. The van der Waals surface area contributed by atoms with Crippen molar-refractivity contribution in [1.82, 2.24) is 29.9 Å². The minimum atomic E-state index is -1.41. The summed E-state index contributed by atoms with van der Waals surface area (Å²) in [5, 5.41) is 18.5. The third-order valence-corrected chi connectivity index (χ3v) is 10.7. The number of hydrogen-bond donors (Lipinski definition) is 2. The highest BCUT2D eigenvalue weighted by Crippen LogP contribution is 2.29. The average molecular weight is 920 g/mol. The molecule has 0 fully saturated rings. The van der Waals surface area contributed by atoms with Crippen LogP contribution in [0.4, 0.5) is 0 Å². The first-order valence-corrected chi connectivity index (χ1v) is 21.9. The number of benzene rings is 8. The number of halogens is 3. The van der Waals surface area contributed by atoms with Crippen molar-refractivity contribution in [3.05, 3.63) is 234 Å². The second-order valence-corrected chi connectivity index (χ2v) is 15.7. The van der Waals surface area contributed by atoms with Crippen molar-refractivity contribution >= 4 is 47.4 Å². The van der Waals surface area contributed by atoms with Crippen molar-refractivity contribution in [3.8, 4) is 78.7 Å². The van der Waals surface area contributed by atoms with Crippen LogP contribution < -0.4 is 5.46 Å². The molecule has 0 radical (unpaired) electrons. The van der Waals surface area contributed by atoms with Crippen molar-refractivity contribution in [3.63, 3.8) is 0 Å². The normalized spacial score (nSPS) is 10.5.